The van der Waals surface area contributed by atoms with Crippen LogP contribution in [0.2, 0.25) is 0 Å². The Morgan fingerprint density at radius 3 is 2.94 bits per heavy atom. The van der Waals surface area contributed by atoms with Gasteiger partial charge < -0.3 is 10.1 Å². The number of imidazole rings is 1. The van der Waals surface area contributed by atoms with Gasteiger partial charge in [-0.3, -0.25) is 9.20 Å². The van der Waals surface area contributed by atoms with Crippen molar-refractivity contribution in [3.63, 3.8) is 0 Å². The van der Waals surface area contributed by atoms with E-state index in [9.17, 15) is 4.79 Å². The van der Waals surface area contributed by atoms with Crippen molar-refractivity contribution >= 4 is 17.4 Å². The van der Waals surface area contributed by atoms with Crippen LogP contribution in [0.5, 0.6) is 0 Å². The maximum atomic E-state index is 11.3. The molecule has 0 aliphatic carbocycles. The molecule has 0 radical (unpaired) electrons. The number of ether oxygens (including phenoxy) is 1. The van der Waals surface area contributed by atoms with E-state index in [1.807, 2.05) is 36.6 Å². The molecular formula is C13H17N3O2. The summed E-state index contributed by atoms with van der Waals surface area (Å²) in [5.74, 6) is 0.571. The highest BCUT2D eigenvalue weighted by Gasteiger charge is 2.10. The molecule has 0 bridgehead atoms. The van der Waals surface area contributed by atoms with Crippen molar-refractivity contribution < 1.29 is 9.53 Å². The lowest BCUT2D eigenvalue weighted by Gasteiger charge is -2.07. The molecule has 1 N–H and O–H groups in total. The Morgan fingerprint density at radius 1 is 1.44 bits per heavy atom. The van der Waals surface area contributed by atoms with Crippen LogP contribution in [0.3, 0.4) is 0 Å². The Kier molecular flexibility index (Phi) is 3.50. The Labute approximate surface area is 106 Å². The first kappa shape index (κ1) is 12.4. The van der Waals surface area contributed by atoms with Crippen LogP contribution in [0.15, 0.2) is 18.3 Å². The number of pyridine rings is 1. The molecule has 0 unspecified atom stereocenters. The van der Waals surface area contributed by atoms with Crippen molar-refractivity contribution in [2.24, 2.45) is 0 Å². The minimum Gasteiger partial charge on any atom is -0.465 e. The summed E-state index contributed by atoms with van der Waals surface area (Å²) < 4.78 is 6.83. The molecule has 0 atom stereocenters. The predicted molar refractivity (Wildman–Crippen MR) is 69.8 cm³/mol. The highest BCUT2D eigenvalue weighted by Crippen LogP contribution is 2.17. The van der Waals surface area contributed by atoms with Gasteiger partial charge >= 0.3 is 5.97 Å². The summed E-state index contributed by atoms with van der Waals surface area (Å²) in [7, 11) is 0. The maximum absolute atomic E-state index is 11.3. The average molecular weight is 247 g/mol. The molecule has 2 aromatic heterocycles. The standard InChI is InChI=1S/C13H17N3O2/c1-4-18-12(17)7-14-13-10(3)15-11-6-5-9(2)8-16(11)13/h5-6,8,14H,4,7H2,1-3H3. The maximum Gasteiger partial charge on any atom is 0.325 e. The molecule has 2 heterocycles. The molecule has 96 valence electrons. The van der Waals surface area contributed by atoms with Crippen molar-refractivity contribution in [1.82, 2.24) is 9.38 Å². The van der Waals surface area contributed by atoms with Crippen LogP contribution >= 0.6 is 0 Å². The normalized spacial score (nSPS) is 10.6. The highest BCUT2D eigenvalue weighted by atomic mass is 16.5. The molecule has 2 aromatic rings. The number of rotatable bonds is 4. The summed E-state index contributed by atoms with van der Waals surface area (Å²) in [5, 5.41) is 3.07. The fraction of sp³-hybridized carbons (Fsp3) is 0.385. The number of anilines is 1. The number of carbonyl (C=O) groups is 1. The number of fused-ring (bicyclic) bond motifs is 1. The number of hydrogen-bond donors (Lipinski definition) is 1. The predicted octanol–water partition coefficient (Wildman–Crippen LogP) is 1.93. The largest absolute Gasteiger partial charge is 0.465 e. The van der Waals surface area contributed by atoms with Gasteiger partial charge in [-0.2, -0.15) is 0 Å². The van der Waals surface area contributed by atoms with E-state index in [0.717, 1.165) is 22.7 Å². The summed E-state index contributed by atoms with van der Waals surface area (Å²) in [5.41, 5.74) is 2.87. The number of aryl methyl sites for hydroxylation is 2. The summed E-state index contributed by atoms with van der Waals surface area (Å²) in [6.07, 6.45) is 1.99. The summed E-state index contributed by atoms with van der Waals surface area (Å²) in [4.78, 5) is 15.8. The molecule has 18 heavy (non-hydrogen) atoms. The highest BCUT2D eigenvalue weighted by molar-refractivity contribution is 5.75. The van der Waals surface area contributed by atoms with Crippen LogP contribution in [0, 0.1) is 13.8 Å². The Bertz CT molecular complexity index is 575. The van der Waals surface area contributed by atoms with E-state index in [2.05, 4.69) is 10.3 Å². The summed E-state index contributed by atoms with van der Waals surface area (Å²) in [6, 6.07) is 3.97. The van der Waals surface area contributed by atoms with Crippen LogP contribution in [-0.4, -0.2) is 28.5 Å². The van der Waals surface area contributed by atoms with Crippen LogP contribution in [0.1, 0.15) is 18.2 Å². The molecule has 5 heteroatoms. The Balaban J connectivity index is 2.24. The molecule has 0 saturated carbocycles. The van der Waals surface area contributed by atoms with Gasteiger partial charge in [0.15, 0.2) is 0 Å². The fourth-order valence-corrected chi connectivity index (χ4v) is 1.85. The van der Waals surface area contributed by atoms with E-state index < -0.39 is 0 Å². The van der Waals surface area contributed by atoms with Crippen molar-refractivity contribution in [3.05, 3.63) is 29.6 Å². The molecule has 0 spiro atoms. The lowest BCUT2D eigenvalue weighted by Crippen LogP contribution is -2.18. The van der Waals surface area contributed by atoms with Gasteiger partial charge in [0.1, 0.15) is 18.0 Å². The SMILES string of the molecule is CCOC(=O)CNc1c(C)nc2ccc(C)cn12. The first-order valence-corrected chi connectivity index (χ1v) is 5.96. The van der Waals surface area contributed by atoms with Gasteiger partial charge in [0.05, 0.1) is 12.3 Å². The van der Waals surface area contributed by atoms with E-state index in [4.69, 9.17) is 4.74 Å². The average Bonchev–Trinajstić information content (AvgIpc) is 2.62. The molecule has 2 rings (SSSR count). The van der Waals surface area contributed by atoms with Crippen LogP contribution < -0.4 is 5.32 Å². The number of aromatic nitrogens is 2. The second-order valence-electron chi connectivity index (χ2n) is 4.14. The van der Waals surface area contributed by atoms with Crippen molar-refractivity contribution in [1.29, 1.82) is 0 Å². The quantitative estimate of drug-likeness (QED) is 0.839. The molecular weight excluding hydrogens is 230 g/mol. The molecule has 0 aliphatic heterocycles. The van der Waals surface area contributed by atoms with Crippen molar-refractivity contribution in [3.8, 4) is 0 Å². The number of hydrogen-bond acceptors (Lipinski definition) is 4. The van der Waals surface area contributed by atoms with Gasteiger partial charge in [0.2, 0.25) is 0 Å². The van der Waals surface area contributed by atoms with Crippen molar-refractivity contribution in [2.45, 2.75) is 20.8 Å². The zero-order chi connectivity index (χ0) is 13.1. The van der Waals surface area contributed by atoms with E-state index in [0.29, 0.717) is 6.61 Å². The van der Waals surface area contributed by atoms with Crippen LogP contribution in [-0.2, 0) is 9.53 Å². The lowest BCUT2D eigenvalue weighted by atomic mass is 10.3. The number of nitrogens with one attached hydrogen (secondary N) is 1. The van der Waals surface area contributed by atoms with E-state index >= 15 is 0 Å². The number of esters is 1. The molecule has 0 saturated heterocycles. The Morgan fingerprint density at radius 2 is 2.22 bits per heavy atom. The zero-order valence-corrected chi connectivity index (χ0v) is 10.9. The molecule has 0 fully saturated rings. The summed E-state index contributed by atoms with van der Waals surface area (Å²) in [6.45, 7) is 6.27. The van der Waals surface area contributed by atoms with Gasteiger partial charge in [0, 0.05) is 6.20 Å². The number of carbonyl (C=O) groups excluding carboxylic acids is 1. The lowest BCUT2D eigenvalue weighted by molar-refractivity contribution is -0.140. The molecule has 0 aromatic carbocycles. The van der Waals surface area contributed by atoms with Crippen LogP contribution in [0.4, 0.5) is 5.82 Å². The van der Waals surface area contributed by atoms with E-state index in [1.54, 1.807) is 6.92 Å². The van der Waals surface area contributed by atoms with Gasteiger partial charge in [-0.25, -0.2) is 4.98 Å². The minimum atomic E-state index is -0.264. The smallest absolute Gasteiger partial charge is 0.325 e. The van der Waals surface area contributed by atoms with Gasteiger partial charge in [0.25, 0.3) is 0 Å². The topological polar surface area (TPSA) is 55.6 Å². The zero-order valence-electron chi connectivity index (χ0n) is 10.9. The minimum absolute atomic E-state index is 0.149. The van der Waals surface area contributed by atoms with Gasteiger partial charge in [-0.15, -0.1) is 0 Å². The second-order valence-corrected chi connectivity index (χ2v) is 4.14. The van der Waals surface area contributed by atoms with E-state index in [-0.39, 0.29) is 12.5 Å². The fourth-order valence-electron chi connectivity index (χ4n) is 1.85. The first-order chi connectivity index (χ1) is 8.61. The van der Waals surface area contributed by atoms with Crippen LogP contribution in [0.25, 0.3) is 5.65 Å². The number of nitrogens with zero attached hydrogens (tertiary/aromatic N) is 2. The molecule has 5 nitrogen and oxygen atoms in total. The third-order valence-electron chi connectivity index (χ3n) is 2.65. The van der Waals surface area contributed by atoms with Gasteiger partial charge in [-0.1, -0.05) is 6.07 Å². The third kappa shape index (κ3) is 2.45. The third-order valence-corrected chi connectivity index (χ3v) is 2.65. The molecule has 0 amide bonds. The van der Waals surface area contributed by atoms with E-state index in [1.165, 1.54) is 0 Å². The summed E-state index contributed by atoms with van der Waals surface area (Å²) >= 11 is 0. The second kappa shape index (κ2) is 5.08. The van der Waals surface area contributed by atoms with Gasteiger partial charge in [-0.05, 0) is 32.4 Å². The molecule has 0 aliphatic rings. The van der Waals surface area contributed by atoms with Crippen molar-refractivity contribution in [2.75, 3.05) is 18.5 Å². The Hall–Kier alpha value is -2.04. The monoisotopic (exact) mass is 247 g/mol. The first-order valence-electron chi connectivity index (χ1n) is 5.96.